The van der Waals surface area contributed by atoms with Gasteiger partial charge in [0, 0.05) is 18.8 Å². The Labute approximate surface area is 298 Å². The summed E-state index contributed by atoms with van der Waals surface area (Å²) in [5.41, 5.74) is -0.512. The van der Waals surface area contributed by atoms with Crippen LogP contribution in [0.3, 0.4) is 0 Å². The summed E-state index contributed by atoms with van der Waals surface area (Å²) in [7, 11) is 0. The van der Waals surface area contributed by atoms with Gasteiger partial charge in [0.1, 0.15) is 41.5 Å². The number of cyclic esters (lactones) is 1. The van der Waals surface area contributed by atoms with Crippen LogP contribution in [0.1, 0.15) is 80.6 Å². The van der Waals surface area contributed by atoms with Gasteiger partial charge in [0.15, 0.2) is 0 Å². The Bertz CT molecular complexity index is 1450. The number of carbonyl (C=O) groups excluding carboxylic acids is 2. The molecule has 0 bridgehead atoms. The van der Waals surface area contributed by atoms with Crippen molar-refractivity contribution in [2.45, 2.75) is 123 Å². The average molecular weight is 689 g/mol. The van der Waals surface area contributed by atoms with Gasteiger partial charge < -0.3 is 28.8 Å². The maximum atomic E-state index is 13.4. The summed E-state index contributed by atoms with van der Waals surface area (Å²) in [5.74, 6) is 0.913. The number of ether oxygens (including phenoxy) is 5. The van der Waals surface area contributed by atoms with Crippen molar-refractivity contribution in [2.24, 2.45) is 17.8 Å². The molecule has 1 fully saturated rings. The molecule has 8 heteroatoms. The molecule has 0 amide bonds. The van der Waals surface area contributed by atoms with Crippen LogP contribution >= 0.6 is 0 Å². The third kappa shape index (κ3) is 11.9. The Hall–Kier alpha value is -3.88. The fourth-order valence-electron chi connectivity index (χ4n) is 6.60. The van der Waals surface area contributed by atoms with E-state index in [0.29, 0.717) is 12.2 Å². The van der Waals surface area contributed by atoms with Crippen molar-refractivity contribution in [2.75, 3.05) is 0 Å². The second-order valence-electron chi connectivity index (χ2n) is 14.2. The maximum absolute atomic E-state index is 13.4. The quantitative estimate of drug-likeness (QED) is 0.0973. The first kappa shape index (κ1) is 38.9. The Kier molecular flexibility index (Phi) is 14.3. The van der Waals surface area contributed by atoms with Crippen molar-refractivity contribution < 1.29 is 38.4 Å². The molecule has 0 aliphatic carbocycles. The number of benzene rings is 2. The van der Waals surface area contributed by atoms with Gasteiger partial charge in [-0.25, -0.2) is 0 Å². The third-order valence-electron chi connectivity index (χ3n) is 9.66. The Morgan fingerprint density at radius 1 is 1.04 bits per heavy atom. The summed E-state index contributed by atoms with van der Waals surface area (Å²) in [4.78, 5) is 25.4. The molecule has 0 radical (unpaired) electrons. The van der Waals surface area contributed by atoms with Crippen LogP contribution in [0.15, 0.2) is 96.6 Å². The lowest BCUT2D eigenvalue weighted by atomic mass is 9.88. The zero-order chi connectivity index (χ0) is 36.3. The van der Waals surface area contributed by atoms with Gasteiger partial charge in [-0.3, -0.25) is 9.59 Å². The molecule has 0 spiro atoms. The van der Waals surface area contributed by atoms with Gasteiger partial charge in [0.25, 0.3) is 0 Å². The number of esters is 2. The highest BCUT2D eigenvalue weighted by molar-refractivity contribution is 5.70. The third-order valence-corrected chi connectivity index (χ3v) is 9.66. The first-order valence-corrected chi connectivity index (χ1v) is 18.1. The van der Waals surface area contributed by atoms with Crippen LogP contribution in [0.5, 0.6) is 11.5 Å². The zero-order valence-corrected chi connectivity index (χ0v) is 30.7. The standard InChI is InChI=1S/C42H56O8/c1-8-36(48-34-20-13-10-14-21-34)31(5)41-37(49-41)26-28(2)16-15-17-29(3)40-30(4)22-23-38(46-32(6)43)42(7,45)25-24-35(27-39(44)50-40)47-33-18-11-9-12-19-33/h9-23,28,30-31,35-38,40-41,45H,8,24-27H2,1-7H3. The SMILES string of the molecule is CCC(Oc1ccccc1)C(C)C1OC1CC(C)C=CC=C(C)C1OC(=O)CC(Oc2ccccc2)CCC(C)(O)C(OC(C)=O)C=CC1C. The topological polar surface area (TPSA) is 104 Å². The molecule has 10 unspecified atom stereocenters. The van der Waals surface area contributed by atoms with Crippen molar-refractivity contribution in [3.05, 3.63) is 96.6 Å². The lowest BCUT2D eigenvalue weighted by Gasteiger charge is -2.33. The lowest BCUT2D eigenvalue weighted by molar-refractivity contribution is -0.157. The lowest BCUT2D eigenvalue weighted by Crippen LogP contribution is -2.42. The van der Waals surface area contributed by atoms with E-state index in [4.69, 9.17) is 23.7 Å². The maximum Gasteiger partial charge on any atom is 0.310 e. The van der Waals surface area contributed by atoms with Gasteiger partial charge in [-0.05, 0) is 81.4 Å². The van der Waals surface area contributed by atoms with Crippen LogP contribution in [0.4, 0.5) is 0 Å². The number of rotatable bonds is 13. The fraction of sp³-hybridized carbons (Fsp3) is 0.524. The van der Waals surface area contributed by atoms with Gasteiger partial charge in [0.2, 0.25) is 0 Å². The first-order valence-electron chi connectivity index (χ1n) is 18.1. The normalized spacial score (nSPS) is 29.5. The second kappa shape index (κ2) is 18.4. The number of hydrogen-bond donors (Lipinski definition) is 1. The minimum Gasteiger partial charge on any atom is -0.490 e. The van der Waals surface area contributed by atoms with Crippen LogP contribution in [-0.4, -0.2) is 59.3 Å². The van der Waals surface area contributed by atoms with Crippen molar-refractivity contribution in [1.82, 2.24) is 0 Å². The van der Waals surface area contributed by atoms with E-state index in [1.54, 1.807) is 13.0 Å². The highest BCUT2D eigenvalue weighted by Gasteiger charge is 2.46. The summed E-state index contributed by atoms with van der Waals surface area (Å²) in [6, 6.07) is 19.2. The zero-order valence-electron chi connectivity index (χ0n) is 30.7. The van der Waals surface area contributed by atoms with E-state index in [9.17, 15) is 14.7 Å². The molecule has 1 saturated heterocycles. The molecule has 50 heavy (non-hydrogen) atoms. The van der Waals surface area contributed by atoms with Crippen LogP contribution in [0.25, 0.3) is 0 Å². The van der Waals surface area contributed by atoms with E-state index in [1.807, 2.05) is 92.7 Å². The molecule has 0 saturated carbocycles. The molecule has 4 rings (SSSR count). The molecule has 2 aliphatic rings. The molecule has 10 atom stereocenters. The van der Waals surface area contributed by atoms with Crippen LogP contribution in [0.2, 0.25) is 0 Å². The highest BCUT2D eigenvalue weighted by Crippen LogP contribution is 2.38. The summed E-state index contributed by atoms with van der Waals surface area (Å²) in [6.07, 6.45) is 10.6. The van der Waals surface area contributed by atoms with E-state index in [1.165, 1.54) is 6.92 Å². The Morgan fingerprint density at radius 2 is 1.70 bits per heavy atom. The van der Waals surface area contributed by atoms with Crippen LogP contribution < -0.4 is 9.47 Å². The number of aliphatic hydroxyl groups is 1. The Balaban J connectivity index is 1.43. The number of para-hydroxylation sites is 2. The van der Waals surface area contributed by atoms with E-state index >= 15 is 0 Å². The van der Waals surface area contributed by atoms with Crippen LogP contribution in [-0.2, 0) is 23.8 Å². The molecular weight excluding hydrogens is 632 g/mol. The molecule has 2 aromatic carbocycles. The van der Waals surface area contributed by atoms with E-state index in [2.05, 4.69) is 26.8 Å². The molecule has 2 aromatic rings. The van der Waals surface area contributed by atoms with Gasteiger partial charge in [-0.15, -0.1) is 0 Å². The number of epoxide rings is 1. The molecule has 272 valence electrons. The van der Waals surface area contributed by atoms with Gasteiger partial charge in [0.05, 0.1) is 18.6 Å². The van der Waals surface area contributed by atoms with Crippen molar-refractivity contribution >= 4 is 11.9 Å². The van der Waals surface area contributed by atoms with Gasteiger partial charge >= 0.3 is 11.9 Å². The number of hydrogen-bond acceptors (Lipinski definition) is 8. The van der Waals surface area contributed by atoms with E-state index in [0.717, 1.165) is 24.2 Å². The van der Waals surface area contributed by atoms with Crippen molar-refractivity contribution in [1.29, 1.82) is 0 Å². The molecule has 2 heterocycles. The van der Waals surface area contributed by atoms with Gasteiger partial charge in [-0.1, -0.05) is 88.4 Å². The minimum absolute atomic E-state index is 0.00650. The average Bonchev–Trinajstić information content (AvgIpc) is 3.85. The number of allylic oxidation sites excluding steroid dienone is 3. The minimum atomic E-state index is -1.38. The molecule has 2 aliphatic heterocycles. The summed E-state index contributed by atoms with van der Waals surface area (Å²) in [5, 5.41) is 11.4. The smallest absolute Gasteiger partial charge is 0.310 e. The van der Waals surface area contributed by atoms with Crippen molar-refractivity contribution in [3.8, 4) is 11.5 Å². The summed E-state index contributed by atoms with van der Waals surface area (Å²) in [6.45, 7) is 13.4. The predicted molar refractivity (Wildman–Crippen MR) is 195 cm³/mol. The molecule has 8 nitrogen and oxygen atoms in total. The fourth-order valence-corrected chi connectivity index (χ4v) is 6.60. The monoisotopic (exact) mass is 688 g/mol. The largest absolute Gasteiger partial charge is 0.490 e. The van der Waals surface area contributed by atoms with Crippen molar-refractivity contribution in [3.63, 3.8) is 0 Å². The highest BCUT2D eigenvalue weighted by atomic mass is 16.6. The first-order chi connectivity index (χ1) is 23.9. The van der Waals surface area contributed by atoms with E-state index < -0.39 is 29.9 Å². The molecular formula is C42H56O8. The Morgan fingerprint density at radius 3 is 2.34 bits per heavy atom. The van der Waals surface area contributed by atoms with Gasteiger partial charge in [-0.2, -0.15) is 0 Å². The second-order valence-corrected chi connectivity index (χ2v) is 14.2. The molecule has 1 N–H and O–H groups in total. The van der Waals surface area contributed by atoms with E-state index in [-0.39, 0.29) is 54.9 Å². The summed E-state index contributed by atoms with van der Waals surface area (Å²) >= 11 is 0. The predicted octanol–water partition coefficient (Wildman–Crippen LogP) is 8.19. The molecule has 0 aromatic heterocycles. The van der Waals surface area contributed by atoms with Crippen LogP contribution in [0, 0.1) is 17.8 Å². The number of carbonyl (C=O) groups is 2. The summed E-state index contributed by atoms with van der Waals surface area (Å²) < 4.78 is 30.2.